The van der Waals surface area contributed by atoms with Gasteiger partial charge >= 0.3 is 0 Å². The summed E-state index contributed by atoms with van der Waals surface area (Å²) in [7, 11) is 1.62. The minimum atomic E-state index is -1.01. The van der Waals surface area contributed by atoms with Gasteiger partial charge in [0.2, 0.25) is 0 Å². The largest absolute Gasteiger partial charge is 0.497 e. The van der Waals surface area contributed by atoms with E-state index in [1.807, 2.05) is 58.1 Å². The molecule has 1 aliphatic rings. The lowest BCUT2D eigenvalue weighted by atomic mass is 9.90. The van der Waals surface area contributed by atoms with Crippen LogP contribution in [-0.2, 0) is 6.54 Å². The predicted octanol–water partition coefficient (Wildman–Crippen LogP) is 4.19. The number of nitrogens with zero attached hydrogens (tertiary/aromatic N) is 4. The molecule has 37 heavy (non-hydrogen) atoms. The van der Waals surface area contributed by atoms with Gasteiger partial charge in [-0.15, -0.1) is 0 Å². The number of aromatic nitrogens is 3. The maximum Gasteiger partial charge on any atom is 0.262 e. The van der Waals surface area contributed by atoms with Crippen molar-refractivity contribution in [1.29, 1.82) is 5.41 Å². The van der Waals surface area contributed by atoms with E-state index in [4.69, 9.17) is 10.1 Å². The molecule has 2 aromatic heterocycles. The summed E-state index contributed by atoms with van der Waals surface area (Å²) in [6.45, 7) is 3.51. The van der Waals surface area contributed by atoms with Crippen molar-refractivity contribution in [2.24, 2.45) is 0 Å². The zero-order chi connectivity index (χ0) is 26.0. The Hall–Kier alpha value is -3.91. The summed E-state index contributed by atoms with van der Waals surface area (Å²) < 4.78 is 8.61. The van der Waals surface area contributed by atoms with Gasteiger partial charge in [-0.1, -0.05) is 37.3 Å². The van der Waals surface area contributed by atoms with Gasteiger partial charge in [-0.3, -0.25) is 14.8 Å². The number of ether oxygens (including phenoxy) is 1. The second-order valence-electron chi connectivity index (χ2n) is 9.97. The van der Waals surface area contributed by atoms with Crippen molar-refractivity contribution in [1.82, 2.24) is 19.0 Å². The number of likely N-dealkylation sites (tertiary alicyclic amines) is 1. The molecule has 0 bridgehead atoms. The minimum Gasteiger partial charge on any atom is -0.497 e. The van der Waals surface area contributed by atoms with Gasteiger partial charge in [0.05, 0.1) is 30.5 Å². The Kier molecular flexibility index (Phi) is 6.84. The van der Waals surface area contributed by atoms with E-state index in [1.54, 1.807) is 13.2 Å². The van der Waals surface area contributed by atoms with Gasteiger partial charge in [0.25, 0.3) is 5.56 Å². The quantitative estimate of drug-likeness (QED) is 0.294. The molecule has 1 aliphatic heterocycles. The molecular formula is C29H33N5O3. The van der Waals surface area contributed by atoms with Crippen molar-refractivity contribution < 1.29 is 9.84 Å². The standard InChI is InChI=1S/C29H33N5O3/c1-21(22-6-4-3-5-7-22)18-26(30)32-16-13-29(36,14-17-32)19-33-20-31-27-25(28(33)35)12-15-34(27)23-8-10-24(37-2)11-9-23/h3-12,15,20-21,30,36H,13-14,16-19H2,1-2H3. The number of rotatable bonds is 7. The van der Waals surface area contributed by atoms with Gasteiger partial charge < -0.3 is 19.3 Å². The maximum atomic E-state index is 13.3. The molecule has 5 rings (SSSR count). The third-order valence-electron chi connectivity index (χ3n) is 7.43. The third-order valence-corrected chi connectivity index (χ3v) is 7.43. The molecule has 0 amide bonds. The number of amidine groups is 1. The third kappa shape index (κ3) is 5.15. The van der Waals surface area contributed by atoms with Crippen LogP contribution < -0.4 is 10.3 Å². The van der Waals surface area contributed by atoms with E-state index in [2.05, 4.69) is 24.0 Å². The van der Waals surface area contributed by atoms with Crippen LogP contribution in [0, 0.1) is 5.41 Å². The topological polar surface area (TPSA) is 96.4 Å². The van der Waals surface area contributed by atoms with Crippen molar-refractivity contribution in [3.8, 4) is 11.4 Å². The first-order valence-electron chi connectivity index (χ1n) is 12.7. The highest BCUT2D eigenvalue weighted by atomic mass is 16.5. The number of piperidine rings is 1. The molecule has 0 spiro atoms. The summed E-state index contributed by atoms with van der Waals surface area (Å²) in [5, 5.41) is 20.4. The molecule has 192 valence electrons. The van der Waals surface area contributed by atoms with Crippen LogP contribution in [0.5, 0.6) is 5.75 Å². The Morgan fingerprint density at radius 1 is 1.11 bits per heavy atom. The molecular weight excluding hydrogens is 466 g/mol. The lowest BCUT2D eigenvalue weighted by Gasteiger charge is -2.39. The predicted molar refractivity (Wildman–Crippen MR) is 145 cm³/mol. The fourth-order valence-corrected chi connectivity index (χ4v) is 5.10. The molecule has 4 aromatic rings. The van der Waals surface area contributed by atoms with Crippen LogP contribution in [0.3, 0.4) is 0 Å². The van der Waals surface area contributed by atoms with Gasteiger partial charge in [0.1, 0.15) is 12.1 Å². The Morgan fingerprint density at radius 3 is 2.49 bits per heavy atom. The Morgan fingerprint density at radius 2 is 1.81 bits per heavy atom. The van der Waals surface area contributed by atoms with E-state index in [0.29, 0.717) is 49.2 Å². The molecule has 1 atom stereocenters. The second kappa shape index (κ2) is 10.2. The van der Waals surface area contributed by atoms with Gasteiger partial charge in [-0.25, -0.2) is 4.98 Å². The Bertz CT molecular complexity index is 1430. The summed E-state index contributed by atoms with van der Waals surface area (Å²) in [5.41, 5.74) is 1.51. The number of fused-ring (bicyclic) bond motifs is 1. The molecule has 2 aromatic carbocycles. The fraction of sp³-hybridized carbons (Fsp3) is 0.345. The Balaban J connectivity index is 1.25. The zero-order valence-electron chi connectivity index (χ0n) is 21.3. The second-order valence-corrected chi connectivity index (χ2v) is 9.97. The minimum absolute atomic E-state index is 0.169. The van der Waals surface area contributed by atoms with Crippen LogP contribution >= 0.6 is 0 Å². The van der Waals surface area contributed by atoms with E-state index in [-0.39, 0.29) is 18.0 Å². The molecule has 8 heteroatoms. The number of hydrogen-bond donors (Lipinski definition) is 2. The summed E-state index contributed by atoms with van der Waals surface area (Å²) in [4.78, 5) is 19.9. The Labute approximate surface area is 216 Å². The molecule has 1 unspecified atom stereocenters. The van der Waals surface area contributed by atoms with E-state index < -0.39 is 5.60 Å². The molecule has 0 radical (unpaired) electrons. The smallest absolute Gasteiger partial charge is 0.262 e. The van der Waals surface area contributed by atoms with Crippen molar-refractivity contribution in [2.75, 3.05) is 20.2 Å². The first-order valence-corrected chi connectivity index (χ1v) is 12.7. The van der Waals surface area contributed by atoms with Gasteiger partial charge in [-0.2, -0.15) is 0 Å². The normalized spacial score (nSPS) is 16.0. The zero-order valence-corrected chi connectivity index (χ0v) is 21.3. The number of aliphatic hydroxyl groups is 1. The summed E-state index contributed by atoms with van der Waals surface area (Å²) in [6.07, 6.45) is 5.01. The highest BCUT2D eigenvalue weighted by molar-refractivity contribution is 5.80. The highest BCUT2D eigenvalue weighted by Gasteiger charge is 2.34. The van der Waals surface area contributed by atoms with E-state index in [9.17, 15) is 9.90 Å². The lowest BCUT2D eigenvalue weighted by molar-refractivity contribution is -0.0230. The monoisotopic (exact) mass is 499 g/mol. The van der Waals surface area contributed by atoms with E-state index in [1.165, 1.54) is 16.5 Å². The average molecular weight is 500 g/mol. The summed E-state index contributed by atoms with van der Waals surface area (Å²) in [6, 6.07) is 19.6. The van der Waals surface area contributed by atoms with Crippen LogP contribution in [0.1, 0.15) is 37.7 Å². The number of benzene rings is 2. The average Bonchev–Trinajstić information content (AvgIpc) is 3.36. The summed E-state index contributed by atoms with van der Waals surface area (Å²) in [5.74, 6) is 1.62. The van der Waals surface area contributed by atoms with E-state index in [0.717, 1.165) is 11.4 Å². The fourth-order valence-electron chi connectivity index (χ4n) is 5.10. The van der Waals surface area contributed by atoms with Crippen molar-refractivity contribution in [3.63, 3.8) is 0 Å². The van der Waals surface area contributed by atoms with Crippen LogP contribution in [0.25, 0.3) is 16.7 Å². The molecule has 8 nitrogen and oxygen atoms in total. The molecule has 0 saturated carbocycles. The maximum absolute atomic E-state index is 13.3. The highest BCUT2D eigenvalue weighted by Crippen LogP contribution is 2.27. The van der Waals surface area contributed by atoms with Crippen molar-refractivity contribution in [2.45, 2.75) is 44.2 Å². The van der Waals surface area contributed by atoms with Gasteiger partial charge in [0.15, 0.2) is 5.65 Å². The summed E-state index contributed by atoms with van der Waals surface area (Å²) >= 11 is 0. The SMILES string of the molecule is COc1ccc(-n2ccc3c(=O)n(CC4(O)CCN(C(=N)CC(C)c5ccccc5)CC4)cnc32)cc1. The molecule has 1 saturated heterocycles. The van der Waals surface area contributed by atoms with Crippen LogP contribution in [0.15, 0.2) is 78.0 Å². The van der Waals surface area contributed by atoms with Gasteiger partial charge in [-0.05, 0) is 54.7 Å². The molecule has 2 N–H and O–H groups in total. The number of methoxy groups -OCH3 is 1. The van der Waals surface area contributed by atoms with Crippen molar-refractivity contribution in [3.05, 3.63) is 89.1 Å². The van der Waals surface area contributed by atoms with Crippen LogP contribution in [-0.4, -0.2) is 55.8 Å². The first-order chi connectivity index (χ1) is 17.9. The number of hydrogen-bond acceptors (Lipinski definition) is 5. The number of nitrogens with one attached hydrogen (secondary N) is 1. The van der Waals surface area contributed by atoms with Crippen LogP contribution in [0.2, 0.25) is 0 Å². The van der Waals surface area contributed by atoms with Crippen molar-refractivity contribution >= 4 is 16.9 Å². The van der Waals surface area contributed by atoms with Gasteiger partial charge in [0, 0.05) is 31.4 Å². The molecule has 1 fully saturated rings. The molecule has 0 aliphatic carbocycles. The van der Waals surface area contributed by atoms with Crippen LogP contribution in [0.4, 0.5) is 0 Å². The lowest BCUT2D eigenvalue weighted by Crippen LogP contribution is -2.49. The first kappa shape index (κ1) is 24.8. The van der Waals surface area contributed by atoms with E-state index >= 15 is 0 Å². The molecule has 3 heterocycles.